The van der Waals surface area contributed by atoms with E-state index >= 15 is 0 Å². The third kappa shape index (κ3) is 5.92. The van der Waals surface area contributed by atoms with E-state index in [0.29, 0.717) is 17.1 Å². The highest BCUT2D eigenvalue weighted by Crippen LogP contribution is 2.37. The fourth-order valence-corrected chi connectivity index (χ4v) is 3.97. The molecule has 0 bridgehead atoms. The van der Waals surface area contributed by atoms with E-state index in [1.807, 2.05) is 0 Å². The number of ether oxygens (including phenoxy) is 1. The molecule has 3 heterocycles. The largest absolute Gasteiger partial charge is 0.454 e. The van der Waals surface area contributed by atoms with Crippen LogP contribution in [0, 0.1) is 0 Å². The Morgan fingerprint density at radius 1 is 1.19 bits per heavy atom. The Kier molecular flexibility index (Phi) is 7.23. The predicted octanol–water partition coefficient (Wildman–Crippen LogP) is 5.59. The minimum atomic E-state index is -4.51. The lowest BCUT2D eigenvalue weighted by molar-refractivity contribution is -0.138. The quantitative estimate of drug-likeness (QED) is 0.319. The number of hydrogen-bond donors (Lipinski definition) is 2. The van der Waals surface area contributed by atoms with Crippen LogP contribution < -0.4 is 15.4 Å². The van der Waals surface area contributed by atoms with Gasteiger partial charge < -0.3 is 24.8 Å². The number of amides is 1. The van der Waals surface area contributed by atoms with E-state index in [1.165, 1.54) is 31.5 Å². The van der Waals surface area contributed by atoms with Crippen LogP contribution in [0.3, 0.4) is 0 Å². The number of nitrogens with zero attached hydrogens (tertiary/aromatic N) is 5. The first kappa shape index (κ1) is 26.2. The first-order chi connectivity index (χ1) is 17.4. The first-order valence-corrected chi connectivity index (χ1v) is 11.3. The summed E-state index contributed by atoms with van der Waals surface area (Å²) in [5.74, 6) is 0.843. The summed E-state index contributed by atoms with van der Waals surface area (Å²) < 4.78 is 48.5. The third-order valence-electron chi connectivity index (χ3n) is 5.23. The van der Waals surface area contributed by atoms with Crippen molar-refractivity contribution in [3.05, 3.63) is 58.9 Å². The topological polar surface area (TPSA) is 97.2 Å². The standard InChI is InChI=1S/C24H23ClF3N7O2/c1-13(36)31-19-10-16(7-8-29-19)37-18-11-30-22-21(20(18)25)35(4)23(33-22)32-15-6-5-14(12-34(2)3)17(9-15)24(26,27)28/h5-11H,12H2,1-4H3,(H,29,31,36)(H,30,32,33). The van der Waals surface area contributed by atoms with Gasteiger partial charge in [-0.3, -0.25) is 4.79 Å². The van der Waals surface area contributed by atoms with Crippen molar-refractivity contribution in [1.29, 1.82) is 0 Å². The average Bonchev–Trinajstić information content (AvgIpc) is 3.11. The molecule has 0 fully saturated rings. The number of nitrogens with one attached hydrogen (secondary N) is 2. The van der Waals surface area contributed by atoms with E-state index < -0.39 is 11.7 Å². The zero-order valence-electron chi connectivity index (χ0n) is 20.3. The Morgan fingerprint density at radius 2 is 1.95 bits per heavy atom. The number of fused-ring (bicyclic) bond motifs is 1. The molecule has 0 saturated heterocycles. The summed E-state index contributed by atoms with van der Waals surface area (Å²) in [5.41, 5.74) is 0.336. The number of carbonyl (C=O) groups is 1. The Bertz CT molecular complexity index is 1470. The van der Waals surface area contributed by atoms with Gasteiger partial charge in [-0.2, -0.15) is 18.2 Å². The fourth-order valence-electron chi connectivity index (χ4n) is 3.67. The van der Waals surface area contributed by atoms with Crippen LogP contribution in [0.4, 0.5) is 30.6 Å². The molecule has 0 unspecified atom stereocenters. The van der Waals surface area contributed by atoms with Crippen LogP contribution in [0.25, 0.3) is 11.2 Å². The summed E-state index contributed by atoms with van der Waals surface area (Å²) in [6, 6.07) is 7.16. The van der Waals surface area contributed by atoms with E-state index in [-0.39, 0.29) is 46.1 Å². The highest BCUT2D eigenvalue weighted by Gasteiger charge is 2.33. The molecule has 13 heteroatoms. The molecule has 4 aromatic rings. The number of rotatable bonds is 7. The Labute approximate surface area is 215 Å². The Balaban J connectivity index is 1.65. The minimum absolute atomic E-state index is 0.146. The van der Waals surface area contributed by atoms with Crippen molar-refractivity contribution in [2.24, 2.45) is 7.05 Å². The van der Waals surface area contributed by atoms with Gasteiger partial charge in [0.05, 0.1) is 11.8 Å². The van der Waals surface area contributed by atoms with Crippen LogP contribution in [-0.2, 0) is 24.6 Å². The van der Waals surface area contributed by atoms with Gasteiger partial charge in [-0.25, -0.2) is 9.97 Å². The molecule has 0 aliphatic rings. The number of aromatic nitrogens is 4. The molecule has 0 spiro atoms. The number of benzene rings is 1. The number of imidazole rings is 1. The summed E-state index contributed by atoms with van der Waals surface area (Å²) in [7, 11) is 5.07. The van der Waals surface area contributed by atoms with Crippen LogP contribution in [-0.4, -0.2) is 44.4 Å². The molecule has 0 radical (unpaired) electrons. The molecule has 37 heavy (non-hydrogen) atoms. The second-order valence-electron chi connectivity index (χ2n) is 8.50. The first-order valence-electron chi connectivity index (χ1n) is 11.0. The molecule has 2 N–H and O–H groups in total. The van der Waals surface area contributed by atoms with Crippen molar-refractivity contribution in [3.63, 3.8) is 0 Å². The predicted molar refractivity (Wildman–Crippen MR) is 134 cm³/mol. The number of carbonyl (C=O) groups excluding carboxylic acids is 1. The monoisotopic (exact) mass is 533 g/mol. The third-order valence-corrected chi connectivity index (χ3v) is 5.59. The normalized spacial score (nSPS) is 11.7. The lowest BCUT2D eigenvalue weighted by Crippen LogP contribution is -2.16. The van der Waals surface area contributed by atoms with Crippen molar-refractivity contribution < 1.29 is 22.7 Å². The Morgan fingerprint density at radius 3 is 2.62 bits per heavy atom. The van der Waals surface area contributed by atoms with Gasteiger partial charge in [-0.1, -0.05) is 17.7 Å². The summed E-state index contributed by atoms with van der Waals surface area (Å²) >= 11 is 6.60. The SMILES string of the molecule is CC(=O)Nc1cc(Oc2cnc3nc(Nc4ccc(CN(C)C)c(C(F)(F)F)c4)n(C)c3c2Cl)ccn1. The van der Waals surface area contributed by atoms with Gasteiger partial charge in [0, 0.05) is 38.5 Å². The van der Waals surface area contributed by atoms with Crippen molar-refractivity contribution in [2.75, 3.05) is 24.7 Å². The number of anilines is 3. The second kappa shape index (κ2) is 10.2. The van der Waals surface area contributed by atoms with Crippen LogP contribution in [0.1, 0.15) is 18.1 Å². The maximum absolute atomic E-state index is 13.7. The number of halogens is 4. The number of aryl methyl sites for hydroxylation is 1. The van der Waals surface area contributed by atoms with Crippen molar-refractivity contribution in [2.45, 2.75) is 19.6 Å². The van der Waals surface area contributed by atoms with Gasteiger partial charge in [-0.15, -0.1) is 0 Å². The summed E-state index contributed by atoms with van der Waals surface area (Å²) in [6.45, 7) is 1.51. The van der Waals surface area contributed by atoms with E-state index in [9.17, 15) is 18.0 Å². The van der Waals surface area contributed by atoms with Crippen LogP contribution in [0.5, 0.6) is 11.5 Å². The number of pyridine rings is 2. The molecule has 194 valence electrons. The lowest BCUT2D eigenvalue weighted by Gasteiger charge is -2.18. The maximum Gasteiger partial charge on any atom is 0.416 e. The summed E-state index contributed by atoms with van der Waals surface area (Å²) in [6.07, 6.45) is -1.66. The summed E-state index contributed by atoms with van der Waals surface area (Å²) in [5, 5.41) is 5.69. The molecule has 3 aromatic heterocycles. The second-order valence-corrected chi connectivity index (χ2v) is 8.87. The van der Waals surface area contributed by atoms with Crippen LogP contribution in [0.15, 0.2) is 42.7 Å². The van der Waals surface area contributed by atoms with Gasteiger partial charge in [0.15, 0.2) is 11.4 Å². The lowest BCUT2D eigenvalue weighted by atomic mass is 10.1. The molecule has 1 aromatic carbocycles. The molecule has 0 atom stereocenters. The van der Waals surface area contributed by atoms with Crippen LogP contribution >= 0.6 is 11.6 Å². The highest BCUT2D eigenvalue weighted by atomic mass is 35.5. The molecule has 4 rings (SSSR count). The molecule has 9 nitrogen and oxygen atoms in total. The highest BCUT2D eigenvalue weighted by molar-refractivity contribution is 6.36. The van der Waals surface area contributed by atoms with Gasteiger partial charge in [-0.05, 0) is 37.9 Å². The van der Waals surface area contributed by atoms with Gasteiger partial charge in [0.25, 0.3) is 0 Å². The number of alkyl halides is 3. The fraction of sp³-hybridized carbons (Fsp3) is 0.250. The van der Waals surface area contributed by atoms with Crippen molar-refractivity contribution in [1.82, 2.24) is 24.4 Å². The van der Waals surface area contributed by atoms with Crippen molar-refractivity contribution in [3.8, 4) is 11.5 Å². The van der Waals surface area contributed by atoms with Gasteiger partial charge >= 0.3 is 6.18 Å². The zero-order chi connectivity index (χ0) is 26.9. The smallest absolute Gasteiger partial charge is 0.416 e. The average molecular weight is 534 g/mol. The number of hydrogen-bond acceptors (Lipinski definition) is 7. The van der Waals surface area contributed by atoms with E-state index in [0.717, 1.165) is 6.07 Å². The van der Waals surface area contributed by atoms with Crippen LogP contribution in [0.2, 0.25) is 5.02 Å². The van der Waals surface area contributed by atoms with Gasteiger partial charge in [0.2, 0.25) is 11.9 Å². The molecule has 0 saturated carbocycles. The molecule has 1 amide bonds. The molecular weight excluding hydrogens is 511 g/mol. The van der Waals surface area contributed by atoms with Gasteiger partial charge in [0.1, 0.15) is 22.1 Å². The molecular formula is C24H23ClF3N7O2. The summed E-state index contributed by atoms with van der Waals surface area (Å²) in [4.78, 5) is 25.7. The minimum Gasteiger partial charge on any atom is -0.454 e. The zero-order valence-corrected chi connectivity index (χ0v) is 21.1. The molecule has 0 aliphatic heterocycles. The van der Waals surface area contributed by atoms with E-state index in [4.69, 9.17) is 16.3 Å². The van der Waals surface area contributed by atoms with Crippen molar-refractivity contribution >= 4 is 46.1 Å². The van der Waals surface area contributed by atoms with E-state index in [1.54, 1.807) is 42.7 Å². The van der Waals surface area contributed by atoms with E-state index in [2.05, 4.69) is 25.6 Å². The molecule has 0 aliphatic carbocycles. The maximum atomic E-state index is 13.7. The Hall–Kier alpha value is -3.90.